The van der Waals surface area contributed by atoms with Crippen molar-refractivity contribution in [1.29, 1.82) is 0 Å². The molecule has 1 aliphatic carbocycles. The summed E-state index contributed by atoms with van der Waals surface area (Å²) in [6, 6.07) is 6.76. The van der Waals surface area contributed by atoms with E-state index in [0.717, 1.165) is 37.0 Å². The number of piperazine rings is 1. The Bertz CT molecular complexity index is 750. The van der Waals surface area contributed by atoms with Gasteiger partial charge in [-0.2, -0.15) is 0 Å². The Morgan fingerprint density at radius 1 is 1.08 bits per heavy atom. The number of hydrogen-bond acceptors (Lipinski definition) is 4. The number of aryl methyl sites for hydroxylation is 1. The van der Waals surface area contributed by atoms with Crippen LogP contribution in [0.4, 0.5) is 10.1 Å². The maximum atomic E-state index is 13.9. The Hall–Kier alpha value is -2.37. The van der Waals surface area contributed by atoms with Gasteiger partial charge in [0.05, 0.1) is 5.69 Å². The molecule has 0 spiro atoms. The average Bonchev–Trinajstić information content (AvgIpc) is 3.06. The first-order chi connectivity index (χ1) is 11.7. The topological polar surface area (TPSA) is 49.6 Å². The van der Waals surface area contributed by atoms with Crippen LogP contribution >= 0.6 is 0 Å². The van der Waals surface area contributed by atoms with Crippen molar-refractivity contribution < 1.29 is 13.7 Å². The summed E-state index contributed by atoms with van der Waals surface area (Å²) in [5, 5.41) is 4.02. The third-order valence-electron chi connectivity index (χ3n) is 4.91. The molecule has 0 radical (unpaired) electrons. The molecular formula is C18H20FN3O2. The third-order valence-corrected chi connectivity index (χ3v) is 4.91. The zero-order valence-corrected chi connectivity index (χ0v) is 13.5. The van der Waals surface area contributed by atoms with Gasteiger partial charge in [0.2, 0.25) is 0 Å². The van der Waals surface area contributed by atoms with Gasteiger partial charge in [-0.3, -0.25) is 4.79 Å². The number of amides is 1. The van der Waals surface area contributed by atoms with Gasteiger partial charge >= 0.3 is 0 Å². The van der Waals surface area contributed by atoms with Gasteiger partial charge < -0.3 is 14.3 Å². The fourth-order valence-corrected chi connectivity index (χ4v) is 3.56. The minimum atomic E-state index is -0.220. The lowest BCUT2D eigenvalue weighted by atomic mass is 9.96. The maximum Gasteiger partial charge on any atom is 0.276 e. The lowest BCUT2D eigenvalue weighted by molar-refractivity contribution is 0.0735. The molecule has 0 saturated carbocycles. The van der Waals surface area contributed by atoms with E-state index in [4.69, 9.17) is 4.52 Å². The number of para-hydroxylation sites is 1. The molecule has 5 nitrogen and oxygen atoms in total. The minimum absolute atomic E-state index is 0.0601. The van der Waals surface area contributed by atoms with Gasteiger partial charge in [0, 0.05) is 38.2 Å². The van der Waals surface area contributed by atoms with Gasteiger partial charge in [-0.1, -0.05) is 17.3 Å². The van der Waals surface area contributed by atoms with Crippen LogP contribution in [-0.4, -0.2) is 42.1 Å². The second kappa shape index (κ2) is 6.26. The van der Waals surface area contributed by atoms with Crippen LogP contribution in [0.2, 0.25) is 0 Å². The molecule has 1 fully saturated rings. The van der Waals surface area contributed by atoms with Gasteiger partial charge in [0.25, 0.3) is 5.91 Å². The number of nitrogens with zero attached hydrogens (tertiary/aromatic N) is 3. The third kappa shape index (κ3) is 2.66. The maximum absolute atomic E-state index is 13.9. The van der Waals surface area contributed by atoms with Crippen molar-refractivity contribution in [3.05, 3.63) is 47.1 Å². The molecule has 0 bridgehead atoms. The summed E-state index contributed by atoms with van der Waals surface area (Å²) in [5.41, 5.74) is 2.07. The molecule has 1 aliphatic heterocycles. The second-order valence-corrected chi connectivity index (χ2v) is 6.37. The number of carbonyl (C=O) groups excluding carboxylic acids is 1. The first-order valence-electron chi connectivity index (χ1n) is 8.50. The summed E-state index contributed by atoms with van der Waals surface area (Å²) in [7, 11) is 0. The van der Waals surface area contributed by atoms with Gasteiger partial charge in [-0.25, -0.2) is 4.39 Å². The monoisotopic (exact) mass is 329 g/mol. The number of halogens is 1. The molecule has 24 heavy (non-hydrogen) atoms. The first-order valence-corrected chi connectivity index (χ1v) is 8.50. The van der Waals surface area contributed by atoms with E-state index < -0.39 is 0 Å². The summed E-state index contributed by atoms with van der Waals surface area (Å²) in [6.07, 6.45) is 3.92. The Labute approximate surface area is 140 Å². The van der Waals surface area contributed by atoms with E-state index in [0.29, 0.717) is 37.6 Å². The van der Waals surface area contributed by atoms with E-state index in [-0.39, 0.29) is 11.7 Å². The Morgan fingerprint density at radius 2 is 1.83 bits per heavy atom. The van der Waals surface area contributed by atoms with Gasteiger partial charge in [0.15, 0.2) is 5.69 Å². The van der Waals surface area contributed by atoms with Crippen LogP contribution in [0.3, 0.4) is 0 Å². The van der Waals surface area contributed by atoms with Crippen molar-refractivity contribution in [1.82, 2.24) is 10.1 Å². The number of fused-ring (bicyclic) bond motifs is 1. The van der Waals surface area contributed by atoms with Crippen molar-refractivity contribution in [2.75, 3.05) is 31.1 Å². The lowest BCUT2D eigenvalue weighted by Crippen LogP contribution is -2.49. The van der Waals surface area contributed by atoms with E-state index in [2.05, 4.69) is 5.16 Å². The fraction of sp³-hybridized carbons (Fsp3) is 0.444. The van der Waals surface area contributed by atoms with Crippen LogP contribution in [0, 0.1) is 5.82 Å². The van der Waals surface area contributed by atoms with E-state index in [1.807, 2.05) is 11.0 Å². The van der Waals surface area contributed by atoms with Crippen LogP contribution in [0.5, 0.6) is 0 Å². The summed E-state index contributed by atoms with van der Waals surface area (Å²) in [4.78, 5) is 16.5. The van der Waals surface area contributed by atoms with E-state index in [1.165, 1.54) is 6.07 Å². The predicted octanol–water partition coefficient (Wildman–Crippen LogP) is 2.65. The molecule has 2 aromatic rings. The van der Waals surface area contributed by atoms with Crippen molar-refractivity contribution in [3.63, 3.8) is 0 Å². The number of aromatic nitrogens is 1. The predicted molar refractivity (Wildman–Crippen MR) is 87.7 cm³/mol. The van der Waals surface area contributed by atoms with Gasteiger partial charge in [0.1, 0.15) is 11.6 Å². The van der Waals surface area contributed by atoms with Crippen molar-refractivity contribution in [3.8, 4) is 0 Å². The molecule has 0 atom stereocenters. The first kappa shape index (κ1) is 15.2. The Morgan fingerprint density at radius 3 is 2.62 bits per heavy atom. The summed E-state index contributed by atoms with van der Waals surface area (Å²) < 4.78 is 19.2. The molecule has 2 heterocycles. The summed E-state index contributed by atoms with van der Waals surface area (Å²) in [5.74, 6) is 0.590. The number of anilines is 1. The highest BCUT2D eigenvalue weighted by atomic mass is 19.1. The van der Waals surface area contributed by atoms with Crippen molar-refractivity contribution in [2.24, 2.45) is 0 Å². The van der Waals surface area contributed by atoms with Crippen LogP contribution in [0.25, 0.3) is 0 Å². The largest absolute Gasteiger partial charge is 0.366 e. The number of benzene rings is 1. The highest BCUT2D eigenvalue weighted by Crippen LogP contribution is 2.26. The molecule has 6 heteroatoms. The van der Waals surface area contributed by atoms with Crippen LogP contribution in [0.15, 0.2) is 28.8 Å². The molecule has 126 valence electrons. The quantitative estimate of drug-likeness (QED) is 0.850. The number of carbonyl (C=O) groups is 1. The number of hydrogen-bond donors (Lipinski definition) is 0. The highest BCUT2D eigenvalue weighted by Gasteiger charge is 2.29. The molecule has 1 saturated heterocycles. The van der Waals surface area contributed by atoms with Gasteiger partial charge in [-0.05, 0) is 31.4 Å². The molecule has 1 amide bonds. The van der Waals surface area contributed by atoms with Crippen LogP contribution < -0.4 is 4.90 Å². The molecule has 0 N–H and O–H groups in total. The highest BCUT2D eigenvalue weighted by molar-refractivity contribution is 5.94. The Balaban J connectivity index is 1.45. The Kier molecular flexibility index (Phi) is 3.96. The smallest absolute Gasteiger partial charge is 0.276 e. The van der Waals surface area contributed by atoms with E-state index in [1.54, 1.807) is 17.0 Å². The van der Waals surface area contributed by atoms with Crippen molar-refractivity contribution in [2.45, 2.75) is 25.7 Å². The fourth-order valence-electron chi connectivity index (χ4n) is 3.56. The molecule has 1 aromatic heterocycles. The van der Waals surface area contributed by atoms with E-state index >= 15 is 0 Å². The molecule has 2 aliphatic rings. The molecule has 1 aromatic carbocycles. The zero-order valence-electron chi connectivity index (χ0n) is 13.5. The lowest BCUT2D eigenvalue weighted by Gasteiger charge is -2.36. The van der Waals surface area contributed by atoms with Crippen molar-refractivity contribution >= 4 is 11.6 Å². The standard InChI is InChI=1S/C18H20FN3O2/c19-14-6-2-3-7-15(14)21-9-11-22(12-10-21)18(23)17-13-5-1-4-8-16(13)24-20-17/h2-3,6-7H,1,4-5,8-12H2. The second-order valence-electron chi connectivity index (χ2n) is 6.37. The van der Waals surface area contributed by atoms with Gasteiger partial charge in [-0.15, -0.1) is 0 Å². The SMILES string of the molecule is O=C(c1noc2c1CCCC2)N1CCN(c2ccccc2F)CC1. The van der Waals surface area contributed by atoms with Crippen LogP contribution in [0.1, 0.15) is 34.7 Å². The summed E-state index contributed by atoms with van der Waals surface area (Å²) in [6.45, 7) is 2.36. The summed E-state index contributed by atoms with van der Waals surface area (Å²) >= 11 is 0. The van der Waals surface area contributed by atoms with E-state index in [9.17, 15) is 9.18 Å². The normalized spacial score (nSPS) is 17.7. The molecular weight excluding hydrogens is 309 g/mol. The molecule has 4 rings (SSSR count). The number of rotatable bonds is 2. The zero-order chi connectivity index (χ0) is 16.5. The molecule has 0 unspecified atom stereocenters. The average molecular weight is 329 g/mol. The van der Waals surface area contributed by atoms with Crippen LogP contribution in [-0.2, 0) is 12.8 Å². The minimum Gasteiger partial charge on any atom is -0.366 e.